The Morgan fingerprint density at radius 2 is 2.80 bits per heavy atom. The molecule has 2 rings (SSSR count). The van der Waals surface area contributed by atoms with Crippen molar-refractivity contribution in [2.75, 3.05) is 11.6 Å². The molecule has 0 saturated carbocycles. The lowest BCUT2D eigenvalue weighted by Crippen LogP contribution is -2.14. The van der Waals surface area contributed by atoms with Crippen LogP contribution >= 0.6 is 11.8 Å². The molecule has 1 aliphatic heterocycles. The van der Waals surface area contributed by atoms with Crippen molar-refractivity contribution in [2.45, 2.75) is 6.04 Å². The van der Waals surface area contributed by atoms with Gasteiger partial charge in [-0.3, -0.25) is 5.32 Å². The first-order valence-electron chi connectivity index (χ1n) is 3.04. The Balaban J connectivity index is 2.12. The van der Waals surface area contributed by atoms with Gasteiger partial charge in [0.1, 0.15) is 0 Å². The molecule has 1 N–H and O–H groups in total. The Morgan fingerprint density at radius 1 is 1.80 bits per heavy atom. The average Bonchev–Trinajstić information content (AvgIpc) is 2.59. The maximum absolute atomic E-state index is 5.02. The van der Waals surface area contributed by atoms with E-state index < -0.39 is 0 Å². The second-order valence-corrected chi connectivity index (χ2v) is 3.08. The third kappa shape index (κ3) is 1.02. The zero-order valence-electron chi connectivity index (χ0n) is 5.28. The number of hydrogen-bond donors (Lipinski definition) is 1. The highest BCUT2D eigenvalue weighted by Gasteiger charge is 2.20. The smallest absolute Gasteiger partial charge is 0.233 e. The maximum Gasteiger partial charge on any atom is 0.233 e. The fourth-order valence-corrected chi connectivity index (χ4v) is 1.82. The van der Waals surface area contributed by atoms with Gasteiger partial charge in [0.15, 0.2) is 0 Å². The van der Waals surface area contributed by atoms with Crippen LogP contribution in [0.4, 0.5) is 0 Å². The van der Waals surface area contributed by atoms with Crippen LogP contribution in [0.1, 0.15) is 11.9 Å². The first-order chi connectivity index (χ1) is 4.97. The van der Waals surface area contributed by atoms with E-state index in [-0.39, 0.29) is 6.04 Å². The highest BCUT2D eigenvalue weighted by atomic mass is 32.2. The molecule has 1 fully saturated rings. The fourth-order valence-electron chi connectivity index (χ4n) is 0.887. The van der Waals surface area contributed by atoms with E-state index >= 15 is 0 Å². The molecule has 1 unspecified atom stereocenters. The van der Waals surface area contributed by atoms with E-state index in [1.54, 1.807) is 0 Å². The molecule has 0 aromatic carbocycles. The molecule has 2 heterocycles. The average molecular weight is 157 g/mol. The maximum atomic E-state index is 5.02. The minimum atomic E-state index is 0.271. The summed E-state index contributed by atoms with van der Waals surface area (Å²) < 4.78 is 5.02. The molecule has 1 atom stereocenters. The van der Waals surface area contributed by atoms with E-state index in [1.807, 2.05) is 11.8 Å². The predicted molar refractivity (Wildman–Crippen MR) is 37.5 cm³/mol. The Labute approximate surface area is 62.4 Å². The Kier molecular flexibility index (Phi) is 1.60. The van der Waals surface area contributed by atoms with Crippen molar-refractivity contribution < 1.29 is 4.42 Å². The normalized spacial score (nSPS) is 25.4. The quantitative estimate of drug-likeness (QED) is 0.639. The summed E-state index contributed by atoms with van der Waals surface area (Å²) in [7, 11) is 0. The molecule has 10 heavy (non-hydrogen) atoms. The van der Waals surface area contributed by atoms with Gasteiger partial charge in [0.05, 0.1) is 6.04 Å². The lowest BCUT2D eigenvalue weighted by Gasteiger charge is -1.99. The number of nitrogens with one attached hydrogen (secondary N) is 1. The molecule has 1 aromatic heterocycles. The van der Waals surface area contributed by atoms with Gasteiger partial charge in [0, 0.05) is 11.6 Å². The first kappa shape index (κ1) is 6.18. The highest BCUT2D eigenvalue weighted by molar-refractivity contribution is 7.99. The zero-order valence-corrected chi connectivity index (χ0v) is 6.10. The summed E-state index contributed by atoms with van der Waals surface area (Å²) in [5.74, 6) is 2.71. The van der Waals surface area contributed by atoms with E-state index in [1.165, 1.54) is 6.39 Å². The van der Waals surface area contributed by atoms with Gasteiger partial charge in [-0.2, -0.15) is 0 Å². The zero-order chi connectivity index (χ0) is 6.81. The first-order valence-corrected chi connectivity index (χ1v) is 4.19. The number of nitrogens with zero attached hydrogens (tertiary/aromatic N) is 2. The summed E-state index contributed by atoms with van der Waals surface area (Å²) >= 11 is 1.84. The lowest BCUT2D eigenvalue weighted by atomic mass is 10.3. The van der Waals surface area contributed by atoms with Gasteiger partial charge in [-0.25, -0.2) is 0 Å². The van der Waals surface area contributed by atoms with Crippen LogP contribution in [0.15, 0.2) is 10.8 Å². The van der Waals surface area contributed by atoms with Gasteiger partial charge in [0.2, 0.25) is 12.3 Å². The number of thioether (sulfide) groups is 1. The number of rotatable bonds is 1. The Morgan fingerprint density at radius 3 is 3.40 bits per heavy atom. The summed E-state index contributed by atoms with van der Waals surface area (Å²) in [6.45, 7) is 0. The largest absolute Gasteiger partial charge is 0.426 e. The Bertz CT molecular complexity index is 195. The standard InChI is InChI=1S/C5H7N3OS/c1-4(6-3-10-1)5-8-7-2-9-5/h2,4,6H,1,3H2. The fraction of sp³-hybridized carbons (Fsp3) is 0.600. The molecule has 0 bridgehead atoms. The molecule has 1 aliphatic rings. The van der Waals surface area contributed by atoms with Crippen LogP contribution in [0.3, 0.4) is 0 Å². The summed E-state index contributed by atoms with van der Waals surface area (Å²) in [6, 6.07) is 0.271. The third-order valence-electron chi connectivity index (χ3n) is 1.39. The van der Waals surface area contributed by atoms with Crippen molar-refractivity contribution >= 4 is 11.8 Å². The van der Waals surface area contributed by atoms with Gasteiger partial charge in [-0.1, -0.05) is 0 Å². The van der Waals surface area contributed by atoms with E-state index in [0.717, 1.165) is 11.6 Å². The molecule has 5 heteroatoms. The monoisotopic (exact) mass is 157 g/mol. The third-order valence-corrected chi connectivity index (χ3v) is 2.33. The Hall–Kier alpha value is -0.550. The summed E-state index contributed by atoms with van der Waals surface area (Å²) in [5.41, 5.74) is 0. The van der Waals surface area contributed by atoms with E-state index in [4.69, 9.17) is 4.42 Å². The van der Waals surface area contributed by atoms with Crippen LogP contribution < -0.4 is 5.32 Å². The van der Waals surface area contributed by atoms with E-state index in [0.29, 0.717) is 5.89 Å². The highest BCUT2D eigenvalue weighted by Crippen LogP contribution is 2.21. The topological polar surface area (TPSA) is 51.0 Å². The molecular formula is C5H7N3OS. The molecule has 0 amide bonds. The van der Waals surface area contributed by atoms with Crippen molar-refractivity contribution in [2.24, 2.45) is 0 Å². The summed E-state index contributed by atoms with van der Waals surface area (Å²) in [6.07, 6.45) is 1.36. The minimum Gasteiger partial charge on any atom is -0.426 e. The molecule has 0 radical (unpaired) electrons. The van der Waals surface area contributed by atoms with Crippen LogP contribution in [-0.2, 0) is 0 Å². The molecule has 4 nitrogen and oxygen atoms in total. The summed E-state index contributed by atoms with van der Waals surface area (Å²) in [4.78, 5) is 0. The van der Waals surface area contributed by atoms with Crippen LogP contribution in [0.25, 0.3) is 0 Å². The van der Waals surface area contributed by atoms with Crippen LogP contribution in [0.2, 0.25) is 0 Å². The van der Waals surface area contributed by atoms with Gasteiger partial charge < -0.3 is 4.42 Å². The van der Waals surface area contributed by atoms with Crippen molar-refractivity contribution in [1.29, 1.82) is 0 Å². The van der Waals surface area contributed by atoms with Crippen LogP contribution in [-0.4, -0.2) is 21.8 Å². The van der Waals surface area contributed by atoms with Crippen LogP contribution in [0, 0.1) is 0 Å². The molecule has 54 valence electrons. The van der Waals surface area contributed by atoms with Gasteiger partial charge >= 0.3 is 0 Å². The van der Waals surface area contributed by atoms with Crippen molar-refractivity contribution in [1.82, 2.24) is 15.5 Å². The van der Waals surface area contributed by atoms with E-state index in [2.05, 4.69) is 15.5 Å². The van der Waals surface area contributed by atoms with Gasteiger partial charge in [-0.15, -0.1) is 22.0 Å². The minimum absolute atomic E-state index is 0.271. The SMILES string of the molecule is c1nnc(C2CSCN2)o1. The van der Waals surface area contributed by atoms with Crippen molar-refractivity contribution in [3.8, 4) is 0 Å². The number of aromatic nitrogens is 2. The van der Waals surface area contributed by atoms with Gasteiger partial charge in [-0.05, 0) is 0 Å². The predicted octanol–water partition coefficient (Wildman–Crippen LogP) is 0.405. The van der Waals surface area contributed by atoms with Crippen LogP contribution in [0.5, 0.6) is 0 Å². The molecule has 1 saturated heterocycles. The van der Waals surface area contributed by atoms with Crippen molar-refractivity contribution in [3.05, 3.63) is 12.3 Å². The van der Waals surface area contributed by atoms with Crippen molar-refractivity contribution in [3.63, 3.8) is 0 Å². The lowest BCUT2D eigenvalue weighted by molar-refractivity contribution is 0.440. The second kappa shape index (κ2) is 2.59. The molecule has 1 aromatic rings. The van der Waals surface area contributed by atoms with E-state index in [9.17, 15) is 0 Å². The number of hydrogen-bond acceptors (Lipinski definition) is 5. The second-order valence-electron chi connectivity index (χ2n) is 2.05. The van der Waals surface area contributed by atoms with Gasteiger partial charge in [0.25, 0.3) is 0 Å². The molecule has 0 aliphatic carbocycles. The molecular weight excluding hydrogens is 150 g/mol. The molecule has 0 spiro atoms. The summed E-state index contributed by atoms with van der Waals surface area (Å²) in [5, 5.41) is 10.6.